The summed E-state index contributed by atoms with van der Waals surface area (Å²) >= 11 is 3.50. The van der Waals surface area contributed by atoms with Crippen LogP contribution in [0.25, 0.3) is 0 Å². The molecule has 0 heterocycles. The van der Waals surface area contributed by atoms with Crippen molar-refractivity contribution in [3.8, 4) is 11.8 Å². The van der Waals surface area contributed by atoms with Crippen LogP contribution in [-0.4, -0.2) is 19.8 Å². The van der Waals surface area contributed by atoms with Crippen molar-refractivity contribution in [1.82, 2.24) is 0 Å². The molecule has 0 aliphatic carbocycles. The van der Waals surface area contributed by atoms with Crippen molar-refractivity contribution in [2.45, 2.75) is 135 Å². The van der Waals surface area contributed by atoms with Gasteiger partial charge in [-0.25, -0.2) is 0 Å². The van der Waals surface area contributed by atoms with E-state index in [-0.39, 0.29) is 11.1 Å². The molecule has 1 atom stereocenters. The lowest BCUT2D eigenvalue weighted by Crippen LogP contribution is -2.43. The molecular weight excluding hydrogens is 412 g/mol. The summed E-state index contributed by atoms with van der Waals surface area (Å²) in [6.45, 7) is 13.9. The van der Waals surface area contributed by atoms with Gasteiger partial charge >= 0.3 is 0 Å². The second-order valence-corrected chi connectivity index (χ2v) is 15.0. The molecule has 0 aliphatic rings. The molecule has 0 aromatic heterocycles. The van der Waals surface area contributed by atoms with Gasteiger partial charge in [-0.3, -0.25) is 0 Å². The second kappa shape index (κ2) is 16.1. The normalized spacial score (nSPS) is 13.3. The fourth-order valence-electron chi connectivity index (χ4n) is 2.81. The van der Waals surface area contributed by atoms with Crippen LogP contribution < -0.4 is 0 Å². The SMILES string of the molecule is CCCC[C@H](C#CCCCCCCCCCCCBr)O[Si](C)(C)C(C)(C)C. The molecule has 0 N–H and O–H groups in total. The third-order valence-electron chi connectivity index (χ3n) is 5.76. The van der Waals surface area contributed by atoms with Gasteiger partial charge in [0.2, 0.25) is 0 Å². The number of alkyl halides is 1. The Hall–Kier alpha value is 0.217. The average Bonchev–Trinajstić information content (AvgIpc) is 2.59. The Morgan fingerprint density at radius 3 is 1.85 bits per heavy atom. The minimum atomic E-state index is -1.73. The maximum Gasteiger partial charge on any atom is 0.193 e. The zero-order valence-corrected chi connectivity index (χ0v) is 21.8. The van der Waals surface area contributed by atoms with E-state index in [0.717, 1.165) is 18.2 Å². The van der Waals surface area contributed by atoms with Gasteiger partial charge in [-0.2, -0.15) is 0 Å². The molecule has 0 fully saturated rings. The number of halogens is 1. The first-order chi connectivity index (χ1) is 12.7. The molecule has 0 aliphatic heterocycles. The summed E-state index contributed by atoms with van der Waals surface area (Å²) in [6.07, 6.45) is 17.0. The first-order valence-corrected chi connectivity index (χ1v) is 15.5. The molecule has 0 spiro atoms. The van der Waals surface area contributed by atoms with Crippen molar-refractivity contribution in [3.63, 3.8) is 0 Å². The van der Waals surface area contributed by atoms with Gasteiger partial charge in [0.15, 0.2) is 8.32 Å². The monoisotopic (exact) mass is 458 g/mol. The number of hydrogen-bond acceptors (Lipinski definition) is 1. The highest BCUT2D eigenvalue weighted by Crippen LogP contribution is 2.37. The quantitative estimate of drug-likeness (QED) is 0.103. The Morgan fingerprint density at radius 2 is 1.37 bits per heavy atom. The maximum atomic E-state index is 6.57. The van der Waals surface area contributed by atoms with Gasteiger partial charge in [0.25, 0.3) is 0 Å². The molecular formula is C24H47BrOSi. The van der Waals surface area contributed by atoms with Crippen molar-refractivity contribution in [1.29, 1.82) is 0 Å². The maximum absolute atomic E-state index is 6.57. The fourth-order valence-corrected chi connectivity index (χ4v) is 4.45. The Morgan fingerprint density at radius 1 is 0.852 bits per heavy atom. The largest absolute Gasteiger partial charge is 0.403 e. The molecule has 0 amide bonds. The van der Waals surface area contributed by atoms with E-state index in [1.165, 1.54) is 70.6 Å². The summed E-state index contributed by atoms with van der Waals surface area (Å²) in [5, 5.41) is 1.42. The molecule has 0 radical (unpaired) electrons. The number of rotatable bonds is 15. The van der Waals surface area contributed by atoms with Gasteiger partial charge in [-0.15, -0.1) is 5.92 Å². The van der Waals surface area contributed by atoms with Gasteiger partial charge in [-0.1, -0.05) is 107 Å². The summed E-state index contributed by atoms with van der Waals surface area (Å²) in [5.41, 5.74) is 0. The van der Waals surface area contributed by atoms with Gasteiger partial charge in [-0.05, 0) is 37.4 Å². The van der Waals surface area contributed by atoms with Crippen LogP contribution in [-0.2, 0) is 4.43 Å². The topological polar surface area (TPSA) is 9.23 Å². The Bertz CT molecular complexity index is 403. The summed E-state index contributed by atoms with van der Waals surface area (Å²) in [5.74, 6) is 6.91. The third-order valence-corrected chi connectivity index (χ3v) is 10.8. The summed E-state index contributed by atoms with van der Waals surface area (Å²) in [7, 11) is -1.73. The van der Waals surface area contributed by atoms with Crippen LogP contribution in [0.3, 0.4) is 0 Å². The van der Waals surface area contributed by atoms with Gasteiger partial charge in [0, 0.05) is 11.8 Å². The second-order valence-electron chi connectivity index (χ2n) is 9.45. The van der Waals surface area contributed by atoms with Gasteiger partial charge in [0.1, 0.15) is 6.10 Å². The Kier molecular flexibility index (Phi) is 16.2. The zero-order chi connectivity index (χ0) is 20.6. The number of unbranched alkanes of at least 4 members (excludes halogenated alkanes) is 10. The molecule has 0 bridgehead atoms. The van der Waals surface area contributed by atoms with E-state index in [1.807, 2.05) is 0 Å². The lowest BCUT2D eigenvalue weighted by atomic mass is 10.1. The van der Waals surface area contributed by atoms with Crippen LogP contribution in [0.5, 0.6) is 0 Å². The third kappa shape index (κ3) is 14.8. The van der Waals surface area contributed by atoms with Crippen molar-refractivity contribution in [2.24, 2.45) is 0 Å². The van der Waals surface area contributed by atoms with Crippen LogP contribution in [0.15, 0.2) is 0 Å². The van der Waals surface area contributed by atoms with Crippen LogP contribution in [0.2, 0.25) is 18.1 Å². The predicted molar refractivity (Wildman–Crippen MR) is 129 cm³/mol. The zero-order valence-electron chi connectivity index (χ0n) is 19.3. The molecule has 0 saturated carbocycles. The van der Waals surface area contributed by atoms with E-state index in [9.17, 15) is 0 Å². The standard InChI is InChI=1S/C24H47BrOSi/c1-7-8-20-23(26-27(5,6)24(2,3)4)21-18-16-14-12-10-9-11-13-15-17-19-22-25/h23H,7-17,19-20,22H2,1-6H3/t23-/m1/s1. The van der Waals surface area contributed by atoms with E-state index < -0.39 is 8.32 Å². The fraction of sp³-hybridized carbons (Fsp3) is 0.917. The van der Waals surface area contributed by atoms with Crippen molar-refractivity contribution < 1.29 is 4.43 Å². The molecule has 0 unspecified atom stereocenters. The average molecular weight is 460 g/mol. The van der Waals surface area contributed by atoms with E-state index >= 15 is 0 Å². The molecule has 27 heavy (non-hydrogen) atoms. The van der Waals surface area contributed by atoms with Crippen LogP contribution in [0.1, 0.15) is 111 Å². The molecule has 0 saturated heterocycles. The van der Waals surface area contributed by atoms with E-state index in [2.05, 4.69) is 68.6 Å². The lowest BCUT2D eigenvalue weighted by Gasteiger charge is -2.38. The summed E-state index contributed by atoms with van der Waals surface area (Å²) in [4.78, 5) is 0. The van der Waals surface area contributed by atoms with E-state index in [4.69, 9.17) is 4.43 Å². The number of hydrogen-bond donors (Lipinski definition) is 0. The summed E-state index contributed by atoms with van der Waals surface area (Å²) in [6, 6.07) is 0. The Balaban J connectivity index is 4.03. The minimum Gasteiger partial charge on any atom is -0.403 e. The molecule has 160 valence electrons. The highest BCUT2D eigenvalue weighted by Gasteiger charge is 2.38. The van der Waals surface area contributed by atoms with Gasteiger partial charge < -0.3 is 4.43 Å². The van der Waals surface area contributed by atoms with E-state index in [0.29, 0.717) is 0 Å². The highest BCUT2D eigenvalue weighted by atomic mass is 79.9. The highest BCUT2D eigenvalue weighted by molar-refractivity contribution is 9.09. The molecule has 0 aromatic rings. The summed E-state index contributed by atoms with van der Waals surface area (Å²) < 4.78 is 6.57. The van der Waals surface area contributed by atoms with Crippen molar-refractivity contribution in [2.75, 3.05) is 5.33 Å². The van der Waals surface area contributed by atoms with E-state index in [1.54, 1.807) is 0 Å². The lowest BCUT2D eigenvalue weighted by molar-refractivity contribution is 0.220. The predicted octanol–water partition coefficient (Wildman–Crippen LogP) is 8.87. The Labute approximate surface area is 181 Å². The molecule has 1 nitrogen and oxygen atoms in total. The first-order valence-electron chi connectivity index (χ1n) is 11.5. The molecule has 0 aromatic carbocycles. The molecule has 3 heteroatoms. The van der Waals surface area contributed by atoms with Crippen LogP contribution in [0.4, 0.5) is 0 Å². The first kappa shape index (κ1) is 27.2. The van der Waals surface area contributed by atoms with Gasteiger partial charge in [0.05, 0.1) is 0 Å². The van der Waals surface area contributed by atoms with Crippen LogP contribution in [0, 0.1) is 11.8 Å². The molecule has 0 rings (SSSR count). The van der Waals surface area contributed by atoms with Crippen LogP contribution >= 0.6 is 15.9 Å². The van der Waals surface area contributed by atoms with Crippen molar-refractivity contribution >= 4 is 24.2 Å². The minimum absolute atomic E-state index is 0.144. The van der Waals surface area contributed by atoms with Crippen molar-refractivity contribution in [3.05, 3.63) is 0 Å². The smallest absolute Gasteiger partial charge is 0.193 e.